The molecular weight excluding hydrogens is 912 g/mol. The molecule has 4 amide bonds. The summed E-state index contributed by atoms with van der Waals surface area (Å²) in [7, 11) is 2.98. The summed E-state index contributed by atoms with van der Waals surface area (Å²) in [6, 6.07) is 22.2. The van der Waals surface area contributed by atoms with Crippen molar-refractivity contribution in [1.82, 2.24) is 5.01 Å². The topological polar surface area (TPSA) is 125 Å². The second-order valence-corrected chi connectivity index (χ2v) is 16.7. The number of phenolic OH excluding ortho intramolecular Hbond substituents is 1. The molecular formula is C40H31BrCl2IN3O7. The van der Waals surface area contributed by atoms with Crippen molar-refractivity contribution in [3.8, 4) is 17.2 Å². The van der Waals surface area contributed by atoms with Crippen LogP contribution in [-0.2, 0) is 24.6 Å². The molecule has 0 unspecified atom stereocenters. The van der Waals surface area contributed by atoms with Crippen LogP contribution in [0.15, 0.2) is 95.0 Å². The van der Waals surface area contributed by atoms with E-state index in [4.69, 9.17) is 32.7 Å². The summed E-state index contributed by atoms with van der Waals surface area (Å²) >= 11 is 18.2. The molecule has 14 heteroatoms. The van der Waals surface area contributed by atoms with Crippen molar-refractivity contribution in [2.24, 2.45) is 23.7 Å². The Labute approximate surface area is 342 Å². The lowest BCUT2D eigenvalue weighted by Gasteiger charge is -2.50. The number of amides is 4. The van der Waals surface area contributed by atoms with Crippen molar-refractivity contribution in [2.45, 2.75) is 24.2 Å². The monoisotopic (exact) mass is 941 g/mol. The van der Waals surface area contributed by atoms with Crippen LogP contribution in [0.2, 0.25) is 10.0 Å². The number of methoxy groups -OCH3 is 2. The summed E-state index contributed by atoms with van der Waals surface area (Å²) in [4.78, 5) is 60.4. The molecule has 0 aromatic heterocycles. The van der Waals surface area contributed by atoms with E-state index in [0.717, 1.165) is 15.1 Å². The van der Waals surface area contributed by atoms with Gasteiger partial charge in [-0.15, -0.1) is 0 Å². The van der Waals surface area contributed by atoms with Crippen LogP contribution in [0.25, 0.3) is 0 Å². The predicted octanol–water partition coefficient (Wildman–Crippen LogP) is 8.27. The molecule has 276 valence electrons. The highest BCUT2D eigenvalue weighted by molar-refractivity contribution is 14.1. The maximum atomic E-state index is 15.5. The third kappa shape index (κ3) is 5.54. The van der Waals surface area contributed by atoms with Gasteiger partial charge in [-0.05, 0) is 119 Å². The highest BCUT2D eigenvalue weighted by Crippen LogP contribution is 2.64. The number of nitrogens with zero attached hydrogens (tertiary/aromatic N) is 2. The van der Waals surface area contributed by atoms with Crippen LogP contribution in [-0.4, -0.2) is 48.0 Å². The van der Waals surface area contributed by atoms with Gasteiger partial charge in [-0.1, -0.05) is 62.9 Å². The van der Waals surface area contributed by atoms with Crippen LogP contribution in [0.1, 0.15) is 29.9 Å². The zero-order chi connectivity index (χ0) is 38.2. The number of nitrogens with one attached hydrogen (secondary N) is 1. The zero-order valence-corrected chi connectivity index (χ0v) is 33.9. The average molecular weight is 943 g/mol. The SMILES string of the molecule is COc1ccc([C@@]23C(=O)N(Nc4ccc(Cl)cc4Cl)C(=O)[C@@H]2C[C@@H]2C(=CC[C@@H]4C(=O)N(c5ccc(Br)cc5)C(=O)[C@@H]42)[C@@H]3c2cc(I)c(O)c(OC)c2)cc1. The first-order valence-electron chi connectivity index (χ1n) is 17.0. The molecule has 4 aromatic carbocycles. The van der Waals surface area contributed by atoms with Crippen molar-refractivity contribution in [1.29, 1.82) is 0 Å². The Bertz CT molecular complexity index is 2290. The van der Waals surface area contributed by atoms with Crippen molar-refractivity contribution < 1.29 is 33.8 Å². The van der Waals surface area contributed by atoms with Crippen LogP contribution in [0.5, 0.6) is 17.2 Å². The minimum absolute atomic E-state index is 0.0712. The fraction of sp³-hybridized carbons (Fsp3) is 0.250. The fourth-order valence-electron chi connectivity index (χ4n) is 8.98. The van der Waals surface area contributed by atoms with Gasteiger partial charge in [0.1, 0.15) is 5.75 Å². The van der Waals surface area contributed by atoms with Crippen LogP contribution >= 0.6 is 61.7 Å². The Morgan fingerprint density at radius 1 is 0.889 bits per heavy atom. The first-order valence-corrected chi connectivity index (χ1v) is 19.7. The van der Waals surface area contributed by atoms with E-state index in [1.54, 1.807) is 79.9 Å². The molecule has 4 aliphatic rings. The Morgan fingerprint density at radius 3 is 2.28 bits per heavy atom. The smallest absolute Gasteiger partial charge is 0.260 e. The van der Waals surface area contributed by atoms with Gasteiger partial charge in [-0.25, -0.2) is 0 Å². The molecule has 2 N–H and O–H groups in total. The van der Waals surface area contributed by atoms with Gasteiger partial charge >= 0.3 is 0 Å². The van der Waals surface area contributed by atoms with E-state index >= 15 is 4.79 Å². The number of imide groups is 2. The number of benzene rings is 4. The average Bonchev–Trinajstić information content (AvgIpc) is 3.54. The van der Waals surface area contributed by atoms with Crippen LogP contribution < -0.4 is 19.8 Å². The number of fused-ring (bicyclic) bond motifs is 4. The molecule has 2 aliphatic carbocycles. The number of carbonyl (C=O) groups excluding carboxylic acids is 4. The van der Waals surface area contributed by atoms with Gasteiger partial charge in [-0.3, -0.25) is 29.5 Å². The van der Waals surface area contributed by atoms with E-state index in [9.17, 15) is 19.5 Å². The first kappa shape index (κ1) is 36.8. The molecule has 2 saturated heterocycles. The van der Waals surface area contributed by atoms with Gasteiger partial charge in [0.05, 0.1) is 57.4 Å². The summed E-state index contributed by atoms with van der Waals surface area (Å²) < 4.78 is 12.4. The van der Waals surface area contributed by atoms with E-state index in [2.05, 4.69) is 21.4 Å². The van der Waals surface area contributed by atoms with Crippen molar-refractivity contribution in [3.05, 3.63) is 120 Å². The summed E-state index contributed by atoms with van der Waals surface area (Å²) in [5, 5.41) is 12.6. The number of hydrogen-bond donors (Lipinski definition) is 2. The van der Waals surface area contributed by atoms with Gasteiger partial charge in [0.25, 0.3) is 11.8 Å². The molecule has 3 fully saturated rings. The van der Waals surface area contributed by atoms with E-state index in [1.165, 1.54) is 18.1 Å². The summed E-state index contributed by atoms with van der Waals surface area (Å²) in [6.07, 6.45) is 2.33. The van der Waals surface area contributed by atoms with Gasteiger partial charge < -0.3 is 14.6 Å². The van der Waals surface area contributed by atoms with Crippen molar-refractivity contribution in [2.75, 3.05) is 24.5 Å². The summed E-state index contributed by atoms with van der Waals surface area (Å²) in [5.74, 6) is -4.92. The Morgan fingerprint density at radius 2 is 1.61 bits per heavy atom. The third-order valence-corrected chi connectivity index (χ3v) is 13.2. The number of rotatable bonds is 7. The van der Waals surface area contributed by atoms with Crippen molar-refractivity contribution >= 4 is 96.7 Å². The minimum atomic E-state index is -1.56. The third-order valence-electron chi connectivity index (χ3n) is 11.3. The molecule has 0 radical (unpaired) electrons. The molecule has 0 bridgehead atoms. The van der Waals surface area contributed by atoms with E-state index in [-0.39, 0.29) is 41.2 Å². The molecule has 54 heavy (non-hydrogen) atoms. The normalized spacial score (nSPS) is 26.0. The lowest BCUT2D eigenvalue weighted by atomic mass is 9.49. The van der Waals surface area contributed by atoms with E-state index in [0.29, 0.717) is 36.8 Å². The summed E-state index contributed by atoms with van der Waals surface area (Å²) in [6.45, 7) is 0. The highest BCUT2D eigenvalue weighted by atomic mass is 127. The standard InChI is InChI=1S/C40H31BrCl2IN3O7/c1-53-24-10-3-20(4-11-24)40-28(37(50)47(39(40)52)45-31-14-7-22(42)17-29(31)43)18-27-25(34(40)19-15-30(44)35(48)32(16-19)54-2)12-13-26-33(27)38(51)46(36(26)49)23-8-5-21(41)6-9-23/h3-12,14-17,26-28,33-34,45,48H,13,18H2,1-2H3/t26-,27+,28-,33-,34-,40+/m0/s1. The maximum absolute atomic E-state index is 15.5. The molecule has 10 nitrogen and oxygen atoms in total. The number of hydrazine groups is 1. The second kappa shape index (κ2) is 13.9. The quantitative estimate of drug-likeness (QED) is 0.108. The molecule has 0 spiro atoms. The lowest BCUT2D eigenvalue weighted by molar-refractivity contribution is -0.138. The van der Waals surface area contributed by atoms with Crippen LogP contribution in [0.4, 0.5) is 11.4 Å². The van der Waals surface area contributed by atoms with Gasteiger partial charge in [-0.2, -0.15) is 5.01 Å². The minimum Gasteiger partial charge on any atom is -0.504 e. The molecule has 8 rings (SSSR count). The van der Waals surface area contributed by atoms with Gasteiger partial charge in [0.15, 0.2) is 11.5 Å². The lowest BCUT2D eigenvalue weighted by Crippen LogP contribution is -2.53. The molecule has 4 aromatic rings. The number of allylic oxidation sites excluding steroid dienone is 2. The Hall–Kier alpha value is -4.11. The second-order valence-electron chi connectivity index (χ2n) is 13.8. The molecule has 2 heterocycles. The Kier molecular flexibility index (Phi) is 9.47. The number of halogens is 4. The number of carbonyl (C=O) groups is 4. The molecule has 2 aliphatic heterocycles. The van der Waals surface area contributed by atoms with Crippen LogP contribution in [0.3, 0.4) is 0 Å². The highest BCUT2D eigenvalue weighted by Gasteiger charge is 2.70. The van der Waals surface area contributed by atoms with E-state index in [1.807, 2.05) is 28.7 Å². The van der Waals surface area contributed by atoms with Gasteiger partial charge in [0.2, 0.25) is 11.8 Å². The maximum Gasteiger partial charge on any atom is 0.260 e. The first-order chi connectivity index (χ1) is 25.9. The number of phenols is 1. The predicted molar refractivity (Wildman–Crippen MR) is 215 cm³/mol. The number of ether oxygens (including phenoxy) is 2. The van der Waals surface area contributed by atoms with Crippen molar-refractivity contribution in [3.63, 3.8) is 0 Å². The summed E-state index contributed by atoms with van der Waals surface area (Å²) in [5.41, 5.74) is 4.10. The fourth-order valence-corrected chi connectivity index (χ4v) is 10.3. The zero-order valence-electron chi connectivity index (χ0n) is 28.7. The van der Waals surface area contributed by atoms with E-state index < -0.39 is 46.8 Å². The molecule has 1 saturated carbocycles. The number of hydrogen-bond acceptors (Lipinski definition) is 8. The number of aromatic hydroxyl groups is 1. The van der Waals surface area contributed by atoms with Gasteiger partial charge in [0, 0.05) is 15.4 Å². The number of anilines is 2. The molecule has 6 atom stereocenters. The largest absolute Gasteiger partial charge is 0.504 e. The van der Waals surface area contributed by atoms with Crippen LogP contribution in [0, 0.1) is 27.2 Å². The Balaban J connectivity index is 1.35.